The highest BCUT2D eigenvalue weighted by atomic mass is 15.1. The van der Waals surface area contributed by atoms with Crippen molar-refractivity contribution in [2.24, 2.45) is 0 Å². The van der Waals surface area contributed by atoms with Gasteiger partial charge in [0.15, 0.2) is 0 Å². The quantitative estimate of drug-likeness (QED) is 0.159. The van der Waals surface area contributed by atoms with E-state index in [2.05, 4.69) is 238 Å². The predicted octanol–water partition coefficient (Wildman–Crippen LogP) is 14.7. The number of fused-ring (bicyclic) bond motifs is 6. The number of benzene rings is 9. The van der Waals surface area contributed by atoms with Gasteiger partial charge in [-0.3, -0.25) is 0 Å². The third-order valence-corrected chi connectivity index (χ3v) is 11.3. The van der Waals surface area contributed by atoms with Crippen LogP contribution in [-0.4, -0.2) is 9.13 Å². The number of hydrogen-bond acceptors (Lipinski definition) is 1. The van der Waals surface area contributed by atoms with Crippen LogP contribution >= 0.6 is 0 Å². The Morgan fingerprint density at radius 2 is 0.754 bits per heavy atom. The molecule has 0 atom stereocenters. The normalized spacial score (nSPS) is 11.5. The van der Waals surface area contributed by atoms with Gasteiger partial charge in [-0.15, -0.1) is 0 Å². The molecule has 0 fully saturated rings. The molecule has 11 aromatic rings. The van der Waals surface area contributed by atoms with E-state index in [1.165, 1.54) is 65.9 Å². The average Bonchev–Trinajstić information content (AvgIpc) is 3.80. The zero-order valence-corrected chi connectivity index (χ0v) is 31.2. The summed E-state index contributed by atoms with van der Waals surface area (Å²) in [5.41, 5.74) is 15.1. The van der Waals surface area contributed by atoms with Crippen LogP contribution in [0.15, 0.2) is 224 Å². The minimum atomic E-state index is 1.10. The first-order valence-electron chi connectivity index (χ1n) is 19.5. The maximum Gasteiger partial charge on any atom is 0.0547 e. The first kappa shape index (κ1) is 32.8. The Morgan fingerprint density at radius 3 is 1.37 bits per heavy atom. The minimum absolute atomic E-state index is 1.10. The Hall–Kier alpha value is -7.62. The minimum Gasteiger partial charge on any atom is -0.310 e. The summed E-state index contributed by atoms with van der Waals surface area (Å²) in [6.07, 6.45) is 0. The molecule has 268 valence electrons. The zero-order chi connectivity index (χ0) is 37.7. The summed E-state index contributed by atoms with van der Waals surface area (Å²) in [5, 5.41) is 4.88. The summed E-state index contributed by atoms with van der Waals surface area (Å²) in [5.74, 6) is 0. The molecule has 2 heterocycles. The fraction of sp³-hybridized carbons (Fsp3) is 0. The standard InChI is InChI=1S/C54H37N3/c1-6-17-38(18-7-1)40-29-32-50-47(35-40)48-36-44(30-33-51(48)56(50)42-23-12-4-13-24-42)55(41-21-10-3-11-22-41)45-31-34-52-49(37-45)54-46(39-19-8-2-9-20-39)27-16-28-53(54)57(52)43-25-14-5-15-26-43/h1-37H. The van der Waals surface area contributed by atoms with Crippen LogP contribution in [-0.2, 0) is 0 Å². The number of rotatable bonds is 7. The number of nitrogens with zero attached hydrogens (tertiary/aromatic N) is 3. The van der Waals surface area contributed by atoms with Crippen molar-refractivity contribution in [2.45, 2.75) is 0 Å². The number of aromatic nitrogens is 2. The number of para-hydroxylation sites is 3. The number of hydrogen-bond donors (Lipinski definition) is 0. The molecule has 0 spiro atoms. The lowest BCUT2D eigenvalue weighted by molar-refractivity contribution is 1.18. The molecule has 0 saturated heterocycles. The molecule has 0 bridgehead atoms. The van der Waals surface area contributed by atoms with Crippen LogP contribution in [0.4, 0.5) is 17.1 Å². The summed E-state index contributed by atoms with van der Waals surface area (Å²) in [7, 11) is 0. The Kier molecular flexibility index (Phi) is 7.82. The van der Waals surface area contributed by atoms with Gasteiger partial charge in [-0.25, -0.2) is 0 Å². The second-order valence-electron chi connectivity index (χ2n) is 14.6. The molecule has 2 aromatic heterocycles. The second kappa shape index (κ2) is 13.6. The van der Waals surface area contributed by atoms with Gasteiger partial charge >= 0.3 is 0 Å². The van der Waals surface area contributed by atoms with E-state index in [0.717, 1.165) is 28.4 Å². The summed E-state index contributed by atoms with van der Waals surface area (Å²) in [6.45, 7) is 0. The van der Waals surface area contributed by atoms with Gasteiger partial charge in [-0.1, -0.05) is 133 Å². The number of anilines is 3. The van der Waals surface area contributed by atoms with Crippen molar-refractivity contribution in [1.29, 1.82) is 0 Å². The molecule has 0 unspecified atom stereocenters. The summed E-state index contributed by atoms with van der Waals surface area (Å²) < 4.78 is 4.80. The molecule has 11 rings (SSSR count). The first-order valence-corrected chi connectivity index (χ1v) is 19.5. The van der Waals surface area contributed by atoms with Crippen molar-refractivity contribution in [3.63, 3.8) is 0 Å². The molecule has 57 heavy (non-hydrogen) atoms. The Morgan fingerprint density at radius 1 is 0.281 bits per heavy atom. The molecular formula is C54H37N3. The fourth-order valence-corrected chi connectivity index (χ4v) is 8.75. The van der Waals surface area contributed by atoms with Gasteiger partial charge < -0.3 is 14.0 Å². The van der Waals surface area contributed by atoms with Crippen LogP contribution in [0.2, 0.25) is 0 Å². The van der Waals surface area contributed by atoms with Crippen LogP contribution in [0.1, 0.15) is 0 Å². The van der Waals surface area contributed by atoms with E-state index < -0.39 is 0 Å². The lowest BCUT2D eigenvalue weighted by Gasteiger charge is -2.26. The van der Waals surface area contributed by atoms with Gasteiger partial charge in [-0.05, 0) is 113 Å². The highest BCUT2D eigenvalue weighted by Crippen LogP contribution is 2.44. The van der Waals surface area contributed by atoms with Crippen LogP contribution in [0.25, 0.3) is 77.2 Å². The third kappa shape index (κ3) is 5.51. The molecule has 0 radical (unpaired) electrons. The molecule has 0 aliphatic carbocycles. The van der Waals surface area contributed by atoms with Crippen molar-refractivity contribution in [3.05, 3.63) is 224 Å². The smallest absolute Gasteiger partial charge is 0.0547 e. The van der Waals surface area contributed by atoms with Crippen molar-refractivity contribution in [2.75, 3.05) is 4.90 Å². The monoisotopic (exact) mass is 727 g/mol. The van der Waals surface area contributed by atoms with E-state index in [1.807, 2.05) is 0 Å². The fourth-order valence-electron chi connectivity index (χ4n) is 8.75. The SMILES string of the molecule is c1ccc(-c2ccc3c(c2)c2cc(N(c4ccccc4)c4ccc5c(c4)c4c(-c6ccccc6)cccc4n5-c4ccccc4)ccc2n3-c2ccccc2)cc1. The molecule has 0 aliphatic heterocycles. The second-order valence-corrected chi connectivity index (χ2v) is 14.6. The summed E-state index contributed by atoms with van der Waals surface area (Å²) in [6, 6.07) is 81.1. The van der Waals surface area contributed by atoms with E-state index in [-0.39, 0.29) is 0 Å². The van der Waals surface area contributed by atoms with Crippen molar-refractivity contribution in [1.82, 2.24) is 9.13 Å². The maximum atomic E-state index is 2.41. The molecule has 0 saturated carbocycles. The van der Waals surface area contributed by atoms with E-state index >= 15 is 0 Å². The van der Waals surface area contributed by atoms with Gasteiger partial charge in [0.25, 0.3) is 0 Å². The van der Waals surface area contributed by atoms with E-state index in [4.69, 9.17) is 0 Å². The highest BCUT2D eigenvalue weighted by molar-refractivity contribution is 6.17. The molecule has 0 amide bonds. The van der Waals surface area contributed by atoms with Gasteiger partial charge in [0, 0.05) is 50.0 Å². The van der Waals surface area contributed by atoms with Crippen molar-refractivity contribution < 1.29 is 0 Å². The van der Waals surface area contributed by atoms with E-state index in [9.17, 15) is 0 Å². The summed E-state index contributed by atoms with van der Waals surface area (Å²) >= 11 is 0. The highest BCUT2D eigenvalue weighted by Gasteiger charge is 2.21. The molecule has 0 N–H and O–H groups in total. The van der Waals surface area contributed by atoms with E-state index in [0.29, 0.717) is 0 Å². The first-order chi connectivity index (χ1) is 28.3. The largest absolute Gasteiger partial charge is 0.310 e. The van der Waals surface area contributed by atoms with Crippen molar-refractivity contribution >= 4 is 60.7 Å². The Bertz CT molecular complexity index is 3200. The topological polar surface area (TPSA) is 13.1 Å². The molecule has 3 heteroatoms. The maximum absolute atomic E-state index is 2.41. The van der Waals surface area contributed by atoms with Crippen LogP contribution < -0.4 is 4.90 Å². The van der Waals surface area contributed by atoms with Gasteiger partial charge in [-0.2, -0.15) is 0 Å². The molecule has 9 aromatic carbocycles. The lowest BCUT2D eigenvalue weighted by atomic mass is 9.99. The third-order valence-electron chi connectivity index (χ3n) is 11.3. The van der Waals surface area contributed by atoms with Crippen LogP contribution in [0, 0.1) is 0 Å². The molecular weight excluding hydrogens is 691 g/mol. The average molecular weight is 728 g/mol. The Labute approximate surface area is 331 Å². The van der Waals surface area contributed by atoms with E-state index in [1.54, 1.807) is 0 Å². The summed E-state index contributed by atoms with van der Waals surface area (Å²) in [4.78, 5) is 2.41. The van der Waals surface area contributed by atoms with Crippen LogP contribution in [0.5, 0.6) is 0 Å². The van der Waals surface area contributed by atoms with Gasteiger partial charge in [0.1, 0.15) is 0 Å². The Balaban J connectivity index is 1.17. The van der Waals surface area contributed by atoms with Crippen molar-refractivity contribution in [3.8, 4) is 33.6 Å². The lowest BCUT2D eigenvalue weighted by Crippen LogP contribution is -2.09. The van der Waals surface area contributed by atoms with Gasteiger partial charge in [0.2, 0.25) is 0 Å². The van der Waals surface area contributed by atoms with Gasteiger partial charge in [0.05, 0.1) is 22.1 Å². The zero-order valence-electron chi connectivity index (χ0n) is 31.2. The molecule has 0 aliphatic rings. The molecule has 3 nitrogen and oxygen atoms in total. The predicted molar refractivity (Wildman–Crippen MR) is 241 cm³/mol. The van der Waals surface area contributed by atoms with Crippen LogP contribution in [0.3, 0.4) is 0 Å².